The smallest absolute Gasteiger partial charge is 0.104 e. The van der Waals surface area contributed by atoms with Crippen molar-refractivity contribution in [3.05, 3.63) is 35.9 Å². The second-order valence-electron chi connectivity index (χ2n) is 6.46. The van der Waals surface area contributed by atoms with Crippen molar-refractivity contribution in [1.82, 2.24) is 0 Å². The van der Waals surface area contributed by atoms with Crippen LogP contribution in [-0.4, -0.2) is 24.1 Å². The molecule has 128 valence electrons. The van der Waals surface area contributed by atoms with Crippen molar-refractivity contribution in [2.24, 2.45) is 0 Å². The van der Waals surface area contributed by atoms with Crippen molar-refractivity contribution < 1.29 is 16.9 Å². The Morgan fingerprint density at radius 3 is 1.82 bits per heavy atom. The minimum absolute atomic E-state index is 0. The molecule has 0 saturated carbocycles. The summed E-state index contributed by atoms with van der Waals surface area (Å²) in [5.41, 5.74) is 1.49. The fourth-order valence-corrected chi connectivity index (χ4v) is 3.22. The van der Waals surface area contributed by atoms with Crippen LogP contribution in [0.1, 0.15) is 71.3 Å². The minimum Gasteiger partial charge on any atom is -1.00 e. The Balaban J connectivity index is 0.00000441. The first-order valence-electron chi connectivity index (χ1n) is 9.15. The maximum absolute atomic E-state index is 2.35. The molecule has 0 radical (unpaired) electrons. The molecule has 0 fully saturated rings. The lowest BCUT2D eigenvalue weighted by molar-refractivity contribution is -0.938. The van der Waals surface area contributed by atoms with Crippen LogP contribution in [0.15, 0.2) is 30.3 Å². The highest BCUT2D eigenvalue weighted by molar-refractivity contribution is 5.13. The normalized spacial score (nSPS) is 11.2. The topological polar surface area (TPSA) is 0 Å². The van der Waals surface area contributed by atoms with Crippen molar-refractivity contribution in [2.45, 2.75) is 72.3 Å². The van der Waals surface area contributed by atoms with Gasteiger partial charge in [-0.25, -0.2) is 0 Å². The van der Waals surface area contributed by atoms with Crippen molar-refractivity contribution in [3.8, 4) is 0 Å². The minimum atomic E-state index is 0. The predicted molar refractivity (Wildman–Crippen MR) is 94.3 cm³/mol. The molecule has 0 unspecified atom stereocenters. The Morgan fingerprint density at radius 2 is 1.27 bits per heavy atom. The van der Waals surface area contributed by atoms with Gasteiger partial charge in [-0.05, 0) is 26.7 Å². The Bertz CT molecular complexity index is 346. The summed E-state index contributed by atoms with van der Waals surface area (Å²) in [6.45, 7) is 12.0. The van der Waals surface area contributed by atoms with Gasteiger partial charge in [0, 0.05) is 5.56 Å². The third-order valence-corrected chi connectivity index (χ3v) is 4.94. The van der Waals surface area contributed by atoms with Gasteiger partial charge in [0.15, 0.2) is 0 Å². The molecule has 0 aliphatic rings. The van der Waals surface area contributed by atoms with Gasteiger partial charge in [-0.3, -0.25) is 0 Å². The van der Waals surface area contributed by atoms with E-state index < -0.39 is 0 Å². The van der Waals surface area contributed by atoms with Gasteiger partial charge >= 0.3 is 0 Å². The maximum Gasteiger partial charge on any atom is 0.104 e. The Hall–Kier alpha value is -0.530. The summed E-state index contributed by atoms with van der Waals surface area (Å²) in [5.74, 6) is 0. The highest BCUT2D eigenvalue weighted by Crippen LogP contribution is 2.17. The van der Waals surface area contributed by atoms with E-state index in [1.807, 2.05) is 0 Å². The summed E-state index contributed by atoms with van der Waals surface area (Å²) in [6.07, 6.45) is 9.87. The third-order valence-electron chi connectivity index (χ3n) is 4.94. The summed E-state index contributed by atoms with van der Waals surface area (Å²) >= 11 is 0. The van der Waals surface area contributed by atoms with E-state index in [0.29, 0.717) is 0 Å². The molecular formula is C20H36ClN. The molecule has 0 bridgehead atoms. The third kappa shape index (κ3) is 8.19. The average Bonchev–Trinajstić information content (AvgIpc) is 2.54. The van der Waals surface area contributed by atoms with E-state index >= 15 is 0 Å². The van der Waals surface area contributed by atoms with E-state index in [2.05, 4.69) is 51.1 Å². The van der Waals surface area contributed by atoms with Gasteiger partial charge in [0.1, 0.15) is 6.54 Å². The lowest BCUT2D eigenvalue weighted by Crippen LogP contribution is -3.00. The zero-order chi connectivity index (χ0) is 15.4. The molecule has 1 nitrogen and oxygen atoms in total. The highest BCUT2D eigenvalue weighted by atomic mass is 35.5. The Morgan fingerprint density at radius 1 is 0.727 bits per heavy atom. The van der Waals surface area contributed by atoms with Gasteiger partial charge in [-0.1, -0.05) is 69.4 Å². The van der Waals surface area contributed by atoms with Crippen LogP contribution in [0.5, 0.6) is 0 Å². The number of benzene rings is 1. The Labute approximate surface area is 145 Å². The quantitative estimate of drug-likeness (QED) is 0.409. The fourth-order valence-electron chi connectivity index (χ4n) is 3.22. The molecule has 1 aromatic rings. The first kappa shape index (κ1) is 21.5. The molecular weight excluding hydrogens is 290 g/mol. The molecule has 0 aromatic heterocycles. The molecule has 2 heteroatoms. The van der Waals surface area contributed by atoms with Gasteiger partial charge in [-0.15, -0.1) is 0 Å². The fraction of sp³-hybridized carbons (Fsp3) is 0.700. The highest BCUT2D eigenvalue weighted by Gasteiger charge is 2.22. The van der Waals surface area contributed by atoms with Gasteiger partial charge < -0.3 is 16.9 Å². The summed E-state index contributed by atoms with van der Waals surface area (Å²) in [5, 5.41) is 0. The van der Waals surface area contributed by atoms with Crippen LogP contribution in [-0.2, 0) is 6.54 Å². The van der Waals surface area contributed by atoms with Gasteiger partial charge in [0.25, 0.3) is 0 Å². The van der Waals surface area contributed by atoms with E-state index in [0.717, 1.165) is 0 Å². The van der Waals surface area contributed by atoms with Crippen molar-refractivity contribution in [1.29, 1.82) is 0 Å². The maximum atomic E-state index is 2.35. The molecule has 0 amide bonds. The van der Waals surface area contributed by atoms with Crippen LogP contribution in [0.4, 0.5) is 0 Å². The Kier molecular flexibility index (Phi) is 12.6. The zero-order valence-corrected chi connectivity index (χ0v) is 15.7. The summed E-state index contributed by atoms with van der Waals surface area (Å²) in [6, 6.07) is 11.0. The molecule has 1 aromatic carbocycles. The van der Waals surface area contributed by atoms with Crippen LogP contribution in [0.2, 0.25) is 0 Å². The van der Waals surface area contributed by atoms with Crippen LogP contribution in [0, 0.1) is 0 Å². The molecule has 0 aliphatic carbocycles. The molecule has 0 atom stereocenters. The molecule has 0 spiro atoms. The first-order chi connectivity index (χ1) is 10.3. The molecule has 0 aliphatic heterocycles. The van der Waals surface area contributed by atoms with E-state index in [1.54, 1.807) is 0 Å². The molecule has 0 N–H and O–H groups in total. The van der Waals surface area contributed by atoms with Crippen molar-refractivity contribution >= 4 is 0 Å². The number of hydrogen-bond donors (Lipinski definition) is 0. The largest absolute Gasteiger partial charge is 1.00 e. The zero-order valence-electron chi connectivity index (χ0n) is 15.0. The number of hydrogen-bond acceptors (Lipinski definition) is 0. The molecule has 0 saturated heterocycles. The average molecular weight is 326 g/mol. The van der Waals surface area contributed by atoms with Crippen molar-refractivity contribution in [3.63, 3.8) is 0 Å². The second-order valence-corrected chi connectivity index (χ2v) is 6.46. The molecule has 22 heavy (non-hydrogen) atoms. The number of rotatable bonds is 12. The SMILES string of the molecule is CCCCCCCCC[N+](CC)(CC)Cc1ccccc1.[Cl-]. The first-order valence-corrected chi connectivity index (χ1v) is 9.15. The number of unbranched alkanes of at least 4 members (excludes halogenated alkanes) is 6. The predicted octanol–water partition coefficient (Wildman–Crippen LogP) is 2.80. The van der Waals surface area contributed by atoms with Crippen LogP contribution < -0.4 is 12.4 Å². The van der Waals surface area contributed by atoms with Crippen molar-refractivity contribution in [2.75, 3.05) is 19.6 Å². The standard InChI is InChI=1S/C20H36N.ClH/c1-4-7-8-9-10-11-15-18-21(5-2,6-3)19-20-16-13-12-14-17-20;/h12-14,16-17H,4-11,15,18-19H2,1-3H3;1H/q+1;/p-1. The van der Waals surface area contributed by atoms with E-state index in [1.165, 1.54) is 81.2 Å². The molecule has 1 rings (SSSR count). The number of halogens is 1. The second kappa shape index (κ2) is 13.0. The van der Waals surface area contributed by atoms with E-state index in [-0.39, 0.29) is 12.4 Å². The molecule has 0 heterocycles. The van der Waals surface area contributed by atoms with E-state index in [9.17, 15) is 0 Å². The summed E-state index contributed by atoms with van der Waals surface area (Å²) in [4.78, 5) is 0. The lowest BCUT2D eigenvalue weighted by atomic mass is 10.1. The number of quaternary nitrogens is 1. The van der Waals surface area contributed by atoms with Gasteiger partial charge in [0.2, 0.25) is 0 Å². The number of nitrogens with zero attached hydrogens (tertiary/aromatic N) is 1. The van der Waals surface area contributed by atoms with Gasteiger partial charge in [0.05, 0.1) is 19.6 Å². The lowest BCUT2D eigenvalue weighted by Gasteiger charge is -2.37. The van der Waals surface area contributed by atoms with Gasteiger partial charge in [-0.2, -0.15) is 0 Å². The summed E-state index contributed by atoms with van der Waals surface area (Å²) < 4.78 is 1.25. The van der Waals surface area contributed by atoms with Crippen LogP contribution in [0.3, 0.4) is 0 Å². The van der Waals surface area contributed by atoms with Crippen LogP contribution in [0.25, 0.3) is 0 Å². The van der Waals surface area contributed by atoms with Crippen LogP contribution >= 0.6 is 0 Å². The van der Waals surface area contributed by atoms with E-state index in [4.69, 9.17) is 0 Å². The summed E-state index contributed by atoms with van der Waals surface area (Å²) in [7, 11) is 0. The monoisotopic (exact) mass is 325 g/mol.